The summed E-state index contributed by atoms with van der Waals surface area (Å²) >= 11 is 0. The molecule has 5 heteroatoms. The molecular formula is C17H16N4O. The van der Waals surface area contributed by atoms with E-state index in [1.54, 1.807) is 13.3 Å². The molecule has 0 atom stereocenters. The maximum Gasteiger partial charge on any atom is 0.137 e. The molecule has 0 aliphatic carbocycles. The molecule has 4 rings (SSSR count). The summed E-state index contributed by atoms with van der Waals surface area (Å²) in [5, 5.41) is 8.85. The fourth-order valence-corrected chi connectivity index (χ4v) is 2.94. The molecule has 0 fully saturated rings. The second kappa shape index (κ2) is 4.87. The topological polar surface area (TPSA) is 52.0 Å². The lowest BCUT2D eigenvalue weighted by molar-refractivity contribution is 0.413. The third-order valence-electron chi connectivity index (χ3n) is 3.91. The third kappa shape index (κ3) is 1.94. The van der Waals surface area contributed by atoms with E-state index in [1.165, 1.54) is 0 Å². The van der Waals surface area contributed by atoms with Gasteiger partial charge in [-0.25, -0.2) is 4.98 Å². The summed E-state index contributed by atoms with van der Waals surface area (Å²) in [5.41, 5.74) is 4.30. The molecule has 3 aromatic rings. The monoisotopic (exact) mass is 292 g/mol. The Hall–Kier alpha value is -2.82. The van der Waals surface area contributed by atoms with Gasteiger partial charge in [-0.1, -0.05) is 12.1 Å². The quantitative estimate of drug-likeness (QED) is 0.789. The number of pyridine rings is 1. The molecule has 0 radical (unpaired) electrons. The van der Waals surface area contributed by atoms with Crippen molar-refractivity contribution in [1.82, 2.24) is 14.8 Å². The minimum absolute atomic E-state index is 0.758. The van der Waals surface area contributed by atoms with Crippen molar-refractivity contribution in [2.45, 2.75) is 0 Å². The van der Waals surface area contributed by atoms with Crippen LogP contribution in [0, 0.1) is 0 Å². The standard InChI is InChI=1S/C17H16N4O/c1-21-10-12-9-11(3-4-14(12)20-21)13-5-7-18-17-16(13)15(22-2)6-8-19-17/h3-6,8-10H,7H2,1-2H3,(H,18,19). The van der Waals surface area contributed by atoms with Crippen molar-refractivity contribution in [3.05, 3.63) is 53.9 Å². The van der Waals surface area contributed by atoms with E-state index in [1.807, 2.05) is 24.0 Å². The molecule has 110 valence electrons. The van der Waals surface area contributed by atoms with Crippen LogP contribution in [0.15, 0.2) is 42.7 Å². The number of anilines is 1. The first kappa shape index (κ1) is 12.9. The number of nitrogens with zero attached hydrogens (tertiary/aromatic N) is 3. The van der Waals surface area contributed by atoms with Gasteiger partial charge in [-0.05, 0) is 29.3 Å². The number of aromatic nitrogens is 3. The predicted molar refractivity (Wildman–Crippen MR) is 87.1 cm³/mol. The van der Waals surface area contributed by atoms with Gasteiger partial charge in [0.1, 0.15) is 11.6 Å². The molecule has 1 aromatic carbocycles. The van der Waals surface area contributed by atoms with Crippen molar-refractivity contribution < 1.29 is 4.74 Å². The maximum atomic E-state index is 5.52. The first-order chi connectivity index (χ1) is 10.8. The zero-order chi connectivity index (χ0) is 15.1. The van der Waals surface area contributed by atoms with Crippen LogP contribution in [0.1, 0.15) is 11.1 Å². The fraction of sp³-hybridized carbons (Fsp3) is 0.176. The summed E-state index contributed by atoms with van der Waals surface area (Å²) in [6.07, 6.45) is 5.96. The molecule has 0 bridgehead atoms. The second-order valence-corrected chi connectivity index (χ2v) is 5.31. The summed E-state index contributed by atoms with van der Waals surface area (Å²) in [5.74, 6) is 1.69. The van der Waals surface area contributed by atoms with E-state index in [2.05, 4.69) is 39.7 Å². The lowest BCUT2D eigenvalue weighted by atomic mass is 9.94. The molecular weight excluding hydrogens is 276 g/mol. The fourth-order valence-electron chi connectivity index (χ4n) is 2.94. The van der Waals surface area contributed by atoms with Crippen molar-refractivity contribution in [2.75, 3.05) is 19.0 Å². The van der Waals surface area contributed by atoms with E-state index in [0.29, 0.717) is 0 Å². The van der Waals surface area contributed by atoms with E-state index < -0.39 is 0 Å². The highest BCUT2D eigenvalue weighted by Gasteiger charge is 2.20. The van der Waals surface area contributed by atoms with Crippen LogP contribution in [0.4, 0.5) is 5.82 Å². The zero-order valence-corrected chi connectivity index (χ0v) is 12.5. The van der Waals surface area contributed by atoms with Crippen LogP contribution < -0.4 is 10.1 Å². The summed E-state index contributed by atoms with van der Waals surface area (Å²) in [6, 6.07) is 8.21. The van der Waals surface area contributed by atoms with Crippen molar-refractivity contribution >= 4 is 22.3 Å². The van der Waals surface area contributed by atoms with Crippen LogP contribution in [0.2, 0.25) is 0 Å². The molecule has 1 aliphatic rings. The summed E-state index contributed by atoms with van der Waals surface area (Å²) in [4.78, 5) is 4.42. The van der Waals surface area contributed by atoms with E-state index >= 15 is 0 Å². The minimum Gasteiger partial charge on any atom is -0.496 e. The van der Waals surface area contributed by atoms with Gasteiger partial charge in [0.15, 0.2) is 0 Å². The lowest BCUT2D eigenvalue weighted by Crippen LogP contribution is -2.11. The highest BCUT2D eigenvalue weighted by molar-refractivity contribution is 5.93. The largest absolute Gasteiger partial charge is 0.496 e. The Morgan fingerprint density at radius 3 is 3.05 bits per heavy atom. The van der Waals surface area contributed by atoms with Crippen molar-refractivity contribution in [3.8, 4) is 5.75 Å². The van der Waals surface area contributed by atoms with Crippen LogP contribution in [-0.2, 0) is 7.05 Å². The molecule has 0 spiro atoms. The number of nitrogens with one attached hydrogen (secondary N) is 1. The number of aryl methyl sites for hydroxylation is 1. The maximum absolute atomic E-state index is 5.52. The summed E-state index contributed by atoms with van der Waals surface area (Å²) in [6.45, 7) is 0.758. The molecule has 0 saturated heterocycles. The highest BCUT2D eigenvalue weighted by atomic mass is 16.5. The molecule has 0 unspecified atom stereocenters. The van der Waals surface area contributed by atoms with Crippen LogP contribution in [0.25, 0.3) is 16.5 Å². The number of benzene rings is 1. The first-order valence-electron chi connectivity index (χ1n) is 7.17. The van der Waals surface area contributed by atoms with Crippen LogP contribution in [0.3, 0.4) is 0 Å². The smallest absolute Gasteiger partial charge is 0.137 e. The van der Waals surface area contributed by atoms with E-state index in [0.717, 1.165) is 45.7 Å². The highest BCUT2D eigenvalue weighted by Crippen LogP contribution is 2.38. The van der Waals surface area contributed by atoms with Crippen LogP contribution >= 0.6 is 0 Å². The van der Waals surface area contributed by atoms with Gasteiger partial charge in [0, 0.05) is 31.4 Å². The average molecular weight is 292 g/mol. The van der Waals surface area contributed by atoms with Gasteiger partial charge in [-0.15, -0.1) is 0 Å². The van der Waals surface area contributed by atoms with Crippen LogP contribution in [-0.4, -0.2) is 28.4 Å². The number of fused-ring (bicyclic) bond motifs is 2. The Morgan fingerprint density at radius 1 is 1.27 bits per heavy atom. The molecule has 1 N–H and O–H groups in total. The van der Waals surface area contributed by atoms with Crippen molar-refractivity contribution in [1.29, 1.82) is 0 Å². The van der Waals surface area contributed by atoms with Crippen LogP contribution in [0.5, 0.6) is 5.75 Å². The van der Waals surface area contributed by atoms with E-state index in [9.17, 15) is 0 Å². The van der Waals surface area contributed by atoms with Gasteiger partial charge in [-0.3, -0.25) is 4.68 Å². The minimum atomic E-state index is 0.758. The van der Waals surface area contributed by atoms with Gasteiger partial charge in [0.05, 0.1) is 18.2 Å². The van der Waals surface area contributed by atoms with Gasteiger partial charge >= 0.3 is 0 Å². The summed E-state index contributed by atoms with van der Waals surface area (Å²) < 4.78 is 7.35. The van der Waals surface area contributed by atoms with Crippen molar-refractivity contribution in [2.24, 2.45) is 7.05 Å². The Bertz CT molecular complexity index is 895. The first-order valence-corrected chi connectivity index (χ1v) is 7.17. The second-order valence-electron chi connectivity index (χ2n) is 5.31. The van der Waals surface area contributed by atoms with E-state index in [-0.39, 0.29) is 0 Å². The summed E-state index contributed by atoms with van der Waals surface area (Å²) in [7, 11) is 3.62. The number of rotatable bonds is 2. The molecule has 3 heterocycles. The number of hydrogen-bond donors (Lipinski definition) is 1. The average Bonchev–Trinajstić information content (AvgIpc) is 2.92. The number of ether oxygens (including phenoxy) is 1. The lowest BCUT2D eigenvalue weighted by Gasteiger charge is -2.21. The molecule has 22 heavy (non-hydrogen) atoms. The predicted octanol–water partition coefficient (Wildman–Crippen LogP) is 2.83. The van der Waals surface area contributed by atoms with E-state index in [4.69, 9.17) is 4.74 Å². The normalized spacial score (nSPS) is 13.5. The SMILES string of the molecule is COc1ccnc2c1C(c1ccc3nn(C)cc3c1)=CCN2. The zero-order valence-electron chi connectivity index (χ0n) is 12.5. The van der Waals surface area contributed by atoms with Gasteiger partial charge in [0.25, 0.3) is 0 Å². The molecule has 1 aliphatic heterocycles. The molecule has 0 saturated carbocycles. The molecule has 2 aromatic heterocycles. The number of methoxy groups -OCH3 is 1. The van der Waals surface area contributed by atoms with Gasteiger partial charge in [0.2, 0.25) is 0 Å². The Morgan fingerprint density at radius 2 is 2.18 bits per heavy atom. The molecule has 0 amide bonds. The Labute approximate surface area is 128 Å². The van der Waals surface area contributed by atoms with Gasteiger partial charge < -0.3 is 10.1 Å². The Balaban J connectivity index is 1.90. The number of hydrogen-bond acceptors (Lipinski definition) is 4. The van der Waals surface area contributed by atoms with Crippen molar-refractivity contribution in [3.63, 3.8) is 0 Å². The van der Waals surface area contributed by atoms with Gasteiger partial charge in [-0.2, -0.15) is 5.10 Å². The Kier molecular flexibility index (Phi) is 2.85. The molecule has 5 nitrogen and oxygen atoms in total. The third-order valence-corrected chi connectivity index (χ3v) is 3.91.